The van der Waals surface area contributed by atoms with Crippen molar-refractivity contribution < 1.29 is 13.9 Å². The number of hydrogen-bond donors (Lipinski definition) is 0. The molecule has 0 aromatic heterocycles. The van der Waals surface area contributed by atoms with E-state index >= 15 is 0 Å². The maximum Gasteiger partial charge on any atom is 0.161 e. The zero-order valence-corrected chi connectivity index (χ0v) is 13.7. The van der Waals surface area contributed by atoms with Crippen LogP contribution in [0.1, 0.15) is 49.5 Å². The van der Waals surface area contributed by atoms with Crippen LogP contribution in [-0.2, 0) is 4.74 Å². The number of halogens is 1. The molecule has 1 rings (SSSR count). The quantitative estimate of drug-likeness (QED) is 0.679. The number of benzene rings is 1. The van der Waals surface area contributed by atoms with Crippen LogP contribution in [0.5, 0.6) is 0 Å². The standard InChI is InChI=1S/C17H26FNO2/c1-6-14(7-2)19(8-9-21-5)17-10-12(3)16(18)11-15(17)13(4)20/h10-11,14H,6-9H2,1-5H3. The maximum atomic E-state index is 13.8. The molecule has 0 radical (unpaired) electrons. The Morgan fingerprint density at radius 2 is 1.95 bits per heavy atom. The lowest BCUT2D eigenvalue weighted by Gasteiger charge is -2.34. The van der Waals surface area contributed by atoms with Gasteiger partial charge in [0.05, 0.1) is 6.61 Å². The molecule has 0 amide bonds. The van der Waals surface area contributed by atoms with Gasteiger partial charge < -0.3 is 9.64 Å². The topological polar surface area (TPSA) is 29.5 Å². The van der Waals surface area contributed by atoms with E-state index in [0.29, 0.717) is 30.3 Å². The van der Waals surface area contributed by atoms with Gasteiger partial charge in [0.1, 0.15) is 5.82 Å². The summed E-state index contributed by atoms with van der Waals surface area (Å²) in [5, 5.41) is 0. The lowest BCUT2D eigenvalue weighted by Crippen LogP contribution is -2.38. The van der Waals surface area contributed by atoms with E-state index in [1.165, 1.54) is 13.0 Å². The number of anilines is 1. The molecule has 4 heteroatoms. The van der Waals surface area contributed by atoms with Crippen LogP contribution < -0.4 is 4.90 Å². The predicted octanol–water partition coefficient (Wildman–Crippen LogP) is 3.98. The summed E-state index contributed by atoms with van der Waals surface area (Å²) in [4.78, 5) is 14.1. The molecule has 118 valence electrons. The minimum Gasteiger partial charge on any atom is -0.383 e. The molecule has 0 saturated heterocycles. The Balaban J connectivity index is 3.33. The van der Waals surface area contributed by atoms with Crippen molar-refractivity contribution in [2.75, 3.05) is 25.2 Å². The molecule has 0 spiro atoms. The molecule has 0 aliphatic rings. The highest BCUT2D eigenvalue weighted by atomic mass is 19.1. The van der Waals surface area contributed by atoms with Crippen LogP contribution in [0, 0.1) is 12.7 Å². The van der Waals surface area contributed by atoms with Gasteiger partial charge in [-0.1, -0.05) is 13.8 Å². The molecule has 1 aromatic rings. The molecular formula is C17H26FNO2. The van der Waals surface area contributed by atoms with Gasteiger partial charge in [-0.25, -0.2) is 4.39 Å². The van der Waals surface area contributed by atoms with E-state index in [-0.39, 0.29) is 11.6 Å². The molecule has 1 aromatic carbocycles. The number of carbonyl (C=O) groups is 1. The second-order valence-electron chi connectivity index (χ2n) is 5.33. The number of nitrogens with zero attached hydrogens (tertiary/aromatic N) is 1. The highest BCUT2D eigenvalue weighted by Gasteiger charge is 2.21. The van der Waals surface area contributed by atoms with Gasteiger partial charge in [-0.3, -0.25) is 4.79 Å². The van der Waals surface area contributed by atoms with Crippen LogP contribution in [0.2, 0.25) is 0 Å². The van der Waals surface area contributed by atoms with Crippen molar-refractivity contribution in [2.45, 2.75) is 46.6 Å². The van der Waals surface area contributed by atoms with Crippen molar-refractivity contribution in [2.24, 2.45) is 0 Å². The molecule has 21 heavy (non-hydrogen) atoms. The molecule has 0 aliphatic carbocycles. The molecule has 0 heterocycles. The van der Waals surface area contributed by atoms with E-state index in [4.69, 9.17) is 4.74 Å². The minimum absolute atomic E-state index is 0.114. The average Bonchev–Trinajstić information content (AvgIpc) is 2.46. The van der Waals surface area contributed by atoms with Gasteiger partial charge in [-0.15, -0.1) is 0 Å². The number of Topliss-reactive ketones (excluding diaryl/α,β-unsaturated/α-hetero) is 1. The fraction of sp³-hybridized carbons (Fsp3) is 0.588. The third-order valence-electron chi connectivity index (χ3n) is 3.89. The molecule has 0 unspecified atom stereocenters. The Morgan fingerprint density at radius 1 is 1.33 bits per heavy atom. The predicted molar refractivity (Wildman–Crippen MR) is 84.7 cm³/mol. The number of hydrogen-bond acceptors (Lipinski definition) is 3. The van der Waals surface area contributed by atoms with Gasteiger partial charge >= 0.3 is 0 Å². The highest BCUT2D eigenvalue weighted by molar-refractivity contribution is 6.00. The summed E-state index contributed by atoms with van der Waals surface area (Å²) >= 11 is 0. The lowest BCUT2D eigenvalue weighted by molar-refractivity contribution is 0.101. The van der Waals surface area contributed by atoms with Gasteiger partial charge in [0, 0.05) is 30.9 Å². The van der Waals surface area contributed by atoms with E-state index < -0.39 is 0 Å². The van der Waals surface area contributed by atoms with Crippen LogP contribution >= 0.6 is 0 Å². The van der Waals surface area contributed by atoms with E-state index in [1.807, 2.05) is 0 Å². The third-order valence-corrected chi connectivity index (χ3v) is 3.89. The second kappa shape index (κ2) is 8.13. The summed E-state index contributed by atoms with van der Waals surface area (Å²) in [7, 11) is 1.66. The Kier molecular flexibility index (Phi) is 6.82. The highest BCUT2D eigenvalue weighted by Crippen LogP contribution is 2.28. The molecule has 0 fully saturated rings. The first-order valence-corrected chi connectivity index (χ1v) is 7.52. The Hall–Kier alpha value is -1.42. The van der Waals surface area contributed by atoms with Gasteiger partial charge in [-0.2, -0.15) is 0 Å². The van der Waals surface area contributed by atoms with Crippen molar-refractivity contribution in [1.82, 2.24) is 0 Å². The molecule has 0 saturated carbocycles. The van der Waals surface area contributed by atoms with Crippen LogP contribution in [0.4, 0.5) is 10.1 Å². The zero-order chi connectivity index (χ0) is 16.0. The smallest absolute Gasteiger partial charge is 0.161 e. The molecular weight excluding hydrogens is 269 g/mol. The van der Waals surface area contributed by atoms with Crippen molar-refractivity contribution in [3.05, 3.63) is 29.1 Å². The SMILES string of the molecule is CCC(CC)N(CCOC)c1cc(C)c(F)cc1C(C)=O. The van der Waals surface area contributed by atoms with Crippen LogP contribution in [-0.4, -0.2) is 32.1 Å². The van der Waals surface area contributed by atoms with Crippen LogP contribution in [0.15, 0.2) is 12.1 Å². The summed E-state index contributed by atoms with van der Waals surface area (Å²) in [6.45, 7) is 8.72. The monoisotopic (exact) mass is 295 g/mol. The lowest BCUT2D eigenvalue weighted by atomic mass is 10.0. The van der Waals surface area contributed by atoms with E-state index in [1.54, 1.807) is 20.1 Å². The minimum atomic E-state index is -0.333. The summed E-state index contributed by atoms with van der Waals surface area (Å²) in [6.07, 6.45) is 1.93. The van der Waals surface area contributed by atoms with E-state index in [0.717, 1.165) is 18.5 Å². The van der Waals surface area contributed by atoms with Crippen molar-refractivity contribution in [3.63, 3.8) is 0 Å². The van der Waals surface area contributed by atoms with Crippen molar-refractivity contribution in [1.29, 1.82) is 0 Å². The average molecular weight is 295 g/mol. The fourth-order valence-electron chi connectivity index (χ4n) is 2.60. The number of methoxy groups -OCH3 is 1. The normalized spacial score (nSPS) is 11.0. The number of rotatable bonds is 8. The summed E-state index contributed by atoms with van der Waals surface area (Å²) in [5.74, 6) is -0.447. The Labute approximate surface area is 127 Å². The maximum absolute atomic E-state index is 13.8. The summed E-state index contributed by atoms with van der Waals surface area (Å²) < 4.78 is 19.0. The van der Waals surface area contributed by atoms with Gasteiger partial charge in [0.15, 0.2) is 5.78 Å². The zero-order valence-electron chi connectivity index (χ0n) is 13.7. The largest absolute Gasteiger partial charge is 0.383 e. The first-order valence-electron chi connectivity index (χ1n) is 7.52. The van der Waals surface area contributed by atoms with Gasteiger partial charge in [-0.05, 0) is 44.4 Å². The fourth-order valence-corrected chi connectivity index (χ4v) is 2.60. The Morgan fingerprint density at radius 3 is 2.43 bits per heavy atom. The van der Waals surface area contributed by atoms with Crippen molar-refractivity contribution in [3.8, 4) is 0 Å². The molecule has 0 bridgehead atoms. The molecule has 0 atom stereocenters. The first kappa shape index (κ1) is 17.6. The number of aryl methyl sites for hydroxylation is 1. The Bertz CT molecular complexity index is 484. The second-order valence-corrected chi connectivity index (χ2v) is 5.33. The molecule has 3 nitrogen and oxygen atoms in total. The summed E-state index contributed by atoms with van der Waals surface area (Å²) in [6, 6.07) is 3.44. The first-order chi connectivity index (χ1) is 9.96. The number of ketones is 1. The van der Waals surface area contributed by atoms with Gasteiger partial charge in [0.2, 0.25) is 0 Å². The van der Waals surface area contributed by atoms with Gasteiger partial charge in [0.25, 0.3) is 0 Å². The van der Waals surface area contributed by atoms with E-state index in [9.17, 15) is 9.18 Å². The van der Waals surface area contributed by atoms with Crippen molar-refractivity contribution >= 4 is 11.5 Å². The van der Waals surface area contributed by atoms with Crippen LogP contribution in [0.3, 0.4) is 0 Å². The number of ether oxygens (including phenoxy) is 1. The molecule has 0 aliphatic heterocycles. The van der Waals surface area contributed by atoms with E-state index in [2.05, 4.69) is 18.7 Å². The number of carbonyl (C=O) groups excluding carboxylic acids is 1. The van der Waals surface area contributed by atoms with Crippen LogP contribution in [0.25, 0.3) is 0 Å². The third kappa shape index (κ3) is 4.27. The molecule has 0 N–H and O–H groups in total. The summed E-state index contributed by atoms with van der Waals surface area (Å²) in [5.41, 5.74) is 1.82.